The van der Waals surface area contributed by atoms with Crippen LogP contribution in [0.2, 0.25) is 5.15 Å². The van der Waals surface area contributed by atoms with E-state index < -0.39 is 0 Å². The van der Waals surface area contributed by atoms with Gasteiger partial charge in [-0.15, -0.1) is 0 Å². The molecule has 0 fully saturated rings. The maximum atomic E-state index is 8.66. The molecule has 0 aliphatic rings. The topological polar surface area (TPSA) is 52.8 Å². The molecule has 5 heteroatoms. The van der Waals surface area contributed by atoms with Crippen molar-refractivity contribution < 1.29 is 0 Å². The Morgan fingerprint density at radius 2 is 2.18 bits per heavy atom. The molecule has 1 aromatic heterocycles. The molecule has 17 heavy (non-hydrogen) atoms. The lowest BCUT2D eigenvalue weighted by Crippen LogP contribution is -2.26. The van der Waals surface area contributed by atoms with Crippen molar-refractivity contribution in [3.63, 3.8) is 0 Å². The van der Waals surface area contributed by atoms with Crippen LogP contribution in [0.4, 0.5) is 5.82 Å². The van der Waals surface area contributed by atoms with Crippen LogP contribution in [0, 0.1) is 11.3 Å². The Bertz CT molecular complexity index is 411. The Kier molecular flexibility index (Phi) is 5.17. The first-order valence-corrected chi connectivity index (χ1v) is 6.11. The van der Waals surface area contributed by atoms with Gasteiger partial charge in [-0.05, 0) is 12.8 Å². The second-order valence-corrected chi connectivity index (χ2v) is 4.40. The molecule has 0 aliphatic heterocycles. The second-order valence-electron chi connectivity index (χ2n) is 4.04. The van der Waals surface area contributed by atoms with Gasteiger partial charge in [0, 0.05) is 18.7 Å². The summed E-state index contributed by atoms with van der Waals surface area (Å²) in [5.41, 5.74) is 0.953. The third-order valence-corrected chi connectivity index (χ3v) is 2.87. The largest absolute Gasteiger partial charge is 0.355 e. The lowest BCUT2D eigenvalue weighted by Gasteiger charge is -2.24. The normalized spacial score (nSPS) is 10.4. The number of hydrogen-bond donors (Lipinski definition) is 0. The monoisotopic (exact) mass is 252 g/mol. The lowest BCUT2D eigenvalue weighted by molar-refractivity contribution is 0.770. The van der Waals surface area contributed by atoms with Crippen LogP contribution in [0.5, 0.6) is 0 Å². The summed E-state index contributed by atoms with van der Waals surface area (Å²) in [6, 6.07) is 2.15. The minimum absolute atomic E-state index is 0.259. The average molecular weight is 253 g/mol. The van der Waals surface area contributed by atoms with Crippen molar-refractivity contribution in [3.8, 4) is 6.07 Å². The van der Waals surface area contributed by atoms with Gasteiger partial charge >= 0.3 is 0 Å². The van der Waals surface area contributed by atoms with E-state index in [0.29, 0.717) is 18.1 Å². The van der Waals surface area contributed by atoms with E-state index in [2.05, 4.69) is 34.8 Å². The maximum Gasteiger partial charge on any atom is 0.138 e. The van der Waals surface area contributed by atoms with Gasteiger partial charge in [0.25, 0.3) is 0 Å². The van der Waals surface area contributed by atoms with E-state index in [0.717, 1.165) is 17.9 Å². The first kappa shape index (κ1) is 13.7. The highest BCUT2D eigenvalue weighted by molar-refractivity contribution is 6.30. The molecule has 1 rings (SSSR count). The predicted octanol–water partition coefficient (Wildman–Crippen LogP) is 2.99. The van der Waals surface area contributed by atoms with Gasteiger partial charge in [-0.1, -0.05) is 25.4 Å². The fourth-order valence-corrected chi connectivity index (χ4v) is 2.06. The summed E-state index contributed by atoms with van der Waals surface area (Å²) in [5, 5.41) is 9.16. The molecule has 4 nitrogen and oxygen atoms in total. The third-order valence-electron chi connectivity index (χ3n) is 2.57. The van der Waals surface area contributed by atoms with E-state index in [1.54, 1.807) is 0 Å². The molecule has 0 atom stereocenters. The molecule has 1 aromatic rings. The predicted molar refractivity (Wildman–Crippen MR) is 69.2 cm³/mol. The molecular formula is C12H17ClN4. The highest BCUT2D eigenvalue weighted by atomic mass is 35.5. The van der Waals surface area contributed by atoms with Gasteiger partial charge in [0.1, 0.15) is 17.3 Å². The summed E-state index contributed by atoms with van der Waals surface area (Å²) < 4.78 is 0. The molecule has 0 saturated heterocycles. The first-order chi connectivity index (χ1) is 8.11. The lowest BCUT2D eigenvalue weighted by atomic mass is 10.1. The van der Waals surface area contributed by atoms with Crippen LogP contribution in [-0.4, -0.2) is 23.1 Å². The number of anilines is 1. The minimum Gasteiger partial charge on any atom is -0.355 e. The van der Waals surface area contributed by atoms with Crippen LogP contribution in [0.1, 0.15) is 38.7 Å². The van der Waals surface area contributed by atoms with E-state index in [4.69, 9.17) is 16.9 Å². The van der Waals surface area contributed by atoms with E-state index in [1.807, 2.05) is 6.92 Å². The number of halogens is 1. The van der Waals surface area contributed by atoms with E-state index in [1.165, 1.54) is 6.33 Å². The average Bonchev–Trinajstić information content (AvgIpc) is 2.29. The van der Waals surface area contributed by atoms with Gasteiger partial charge in [-0.3, -0.25) is 0 Å². The van der Waals surface area contributed by atoms with Crippen molar-refractivity contribution in [1.29, 1.82) is 5.26 Å². The number of nitriles is 1. The standard InChI is InChI=1S/C12H17ClN4/c1-4-17(7-5-6-14)12-10(9(2)3)11(13)15-8-16-12/h8-9H,4-5,7H2,1-3H3. The van der Waals surface area contributed by atoms with Crippen LogP contribution < -0.4 is 4.90 Å². The van der Waals surface area contributed by atoms with E-state index in [-0.39, 0.29) is 5.92 Å². The third kappa shape index (κ3) is 3.31. The molecule has 0 spiro atoms. The number of rotatable bonds is 5. The van der Waals surface area contributed by atoms with Gasteiger partial charge < -0.3 is 4.90 Å². The molecule has 0 amide bonds. The fourth-order valence-electron chi connectivity index (χ4n) is 1.71. The summed E-state index contributed by atoms with van der Waals surface area (Å²) in [6.45, 7) is 7.63. The highest BCUT2D eigenvalue weighted by Crippen LogP contribution is 2.30. The maximum absolute atomic E-state index is 8.66. The van der Waals surface area contributed by atoms with Crippen molar-refractivity contribution in [1.82, 2.24) is 9.97 Å². The summed E-state index contributed by atoms with van der Waals surface area (Å²) in [7, 11) is 0. The zero-order valence-electron chi connectivity index (χ0n) is 10.4. The van der Waals surface area contributed by atoms with Crippen LogP contribution >= 0.6 is 11.6 Å². The Hall–Kier alpha value is -1.34. The summed E-state index contributed by atoms with van der Waals surface area (Å²) >= 11 is 6.12. The second kappa shape index (κ2) is 6.41. The SMILES string of the molecule is CCN(CCC#N)c1ncnc(Cl)c1C(C)C. The number of nitrogens with zero attached hydrogens (tertiary/aromatic N) is 4. The summed E-state index contributed by atoms with van der Waals surface area (Å²) in [6.07, 6.45) is 1.95. The Labute approximate surface area is 107 Å². The summed E-state index contributed by atoms with van der Waals surface area (Å²) in [4.78, 5) is 10.4. The molecule has 0 radical (unpaired) electrons. The van der Waals surface area contributed by atoms with Gasteiger partial charge in [-0.25, -0.2) is 9.97 Å². The van der Waals surface area contributed by atoms with Crippen LogP contribution in [0.25, 0.3) is 0 Å². The van der Waals surface area contributed by atoms with Crippen molar-refractivity contribution in [2.45, 2.75) is 33.1 Å². The molecule has 0 aliphatic carbocycles. The molecule has 92 valence electrons. The smallest absolute Gasteiger partial charge is 0.138 e. The van der Waals surface area contributed by atoms with Crippen LogP contribution in [0.15, 0.2) is 6.33 Å². The van der Waals surface area contributed by atoms with Gasteiger partial charge in [0.05, 0.1) is 12.5 Å². The quantitative estimate of drug-likeness (QED) is 0.756. The molecule has 0 saturated carbocycles. The number of hydrogen-bond acceptors (Lipinski definition) is 4. The van der Waals surface area contributed by atoms with Crippen LogP contribution in [0.3, 0.4) is 0 Å². The Morgan fingerprint density at radius 3 is 2.71 bits per heavy atom. The molecular weight excluding hydrogens is 236 g/mol. The van der Waals surface area contributed by atoms with Crippen molar-refractivity contribution in [3.05, 3.63) is 17.0 Å². The van der Waals surface area contributed by atoms with Crippen molar-refractivity contribution >= 4 is 17.4 Å². The van der Waals surface area contributed by atoms with Gasteiger partial charge in [-0.2, -0.15) is 5.26 Å². The van der Waals surface area contributed by atoms with Crippen LogP contribution in [-0.2, 0) is 0 Å². The molecule has 0 N–H and O–H groups in total. The minimum atomic E-state index is 0.259. The van der Waals surface area contributed by atoms with Gasteiger partial charge in [0.15, 0.2) is 0 Å². The summed E-state index contributed by atoms with van der Waals surface area (Å²) in [5.74, 6) is 1.10. The number of aromatic nitrogens is 2. The Morgan fingerprint density at radius 1 is 1.47 bits per heavy atom. The molecule has 0 unspecified atom stereocenters. The molecule has 1 heterocycles. The zero-order valence-corrected chi connectivity index (χ0v) is 11.2. The fraction of sp³-hybridized carbons (Fsp3) is 0.583. The van der Waals surface area contributed by atoms with E-state index >= 15 is 0 Å². The Balaban J connectivity index is 3.10. The molecule has 0 aromatic carbocycles. The van der Waals surface area contributed by atoms with Gasteiger partial charge in [0.2, 0.25) is 0 Å². The van der Waals surface area contributed by atoms with Crippen molar-refractivity contribution in [2.75, 3.05) is 18.0 Å². The zero-order chi connectivity index (χ0) is 12.8. The molecule has 0 bridgehead atoms. The highest BCUT2D eigenvalue weighted by Gasteiger charge is 2.17. The van der Waals surface area contributed by atoms with Crippen molar-refractivity contribution in [2.24, 2.45) is 0 Å². The first-order valence-electron chi connectivity index (χ1n) is 5.74. The van der Waals surface area contributed by atoms with E-state index in [9.17, 15) is 0 Å².